The lowest BCUT2D eigenvalue weighted by molar-refractivity contribution is -0.150. The smallest absolute Gasteiger partial charge is 0.311 e. The first-order valence-electron chi connectivity index (χ1n) is 10.3. The second-order valence-electron chi connectivity index (χ2n) is 9.46. The van der Waals surface area contributed by atoms with E-state index >= 15 is 0 Å². The molecule has 0 amide bonds. The minimum absolute atomic E-state index is 0.0466. The fourth-order valence-electron chi connectivity index (χ4n) is 3.68. The summed E-state index contributed by atoms with van der Waals surface area (Å²) in [4.78, 5) is 13.6. The van der Waals surface area contributed by atoms with Crippen molar-refractivity contribution in [3.8, 4) is 5.75 Å². The van der Waals surface area contributed by atoms with Crippen molar-refractivity contribution in [2.24, 2.45) is 5.41 Å². The van der Waals surface area contributed by atoms with Gasteiger partial charge in [0.25, 0.3) is 0 Å². The summed E-state index contributed by atoms with van der Waals surface area (Å²) in [5.41, 5.74) is 2.50. The van der Waals surface area contributed by atoms with Crippen molar-refractivity contribution in [3.63, 3.8) is 0 Å². The summed E-state index contributed by atoms with van der Waals surface area (Å²) >= 11 is 7.84. The Morgan fingerprint density at radius 2 is 1.74 bits per heavy atom. The zero-order valence-corrected chi connectivity index (χ0v) is 20.5. The number of esters is 1. The van der Waals surface area contributed by atoms with Gasteiger partial charge < -0.3 is 14.4 Å². The maximum Gasteiger partial charge on any atom is 0.311 e. The molecule has 1 aromatic heterocycles. The van der Waals surface area contributed by atoms with Crippen LogP contribution in [0.5, 0.6) is 5.75 Å². The van der Waals surface area contributed by atoms with Gasteiger partial charge in [0.2, 0.25) is 0 Å². The number of fused-ring (bicyclic) bond motifs is 1. The number of methoxy groups -OCH3 is 1. The largest absolute Gasteiger partial charge is 0.508 e. The van der Waals surface area contributed by atoms with E-state index in [2.05, 4.69) is 25.3 Å². The van der Waals surface area contributed by atoms with E-state index in [0.717, 1.165) is 27.1 Å². The van der Waals surface area contributed by atoms with Crippen LogP contribution < -0.4 is 0 Å². The molecule has 1 heterocycles. The second-order valence-corrected chi connectivity index (χ2v) is 11.7. The molecular formula is C25H30ClNO3S. The summed E-state index contributed by atoms with van der Waals surface area (Å²) in [6.45, 7) is 10.9. The Balaban J connectivity index is 2.25. The first-order valence-corrected chi connectivity index (χ1v) is 11.5. The number of hydrogen-bond acceptors (Lipinski definition) is 4. The van der Waals surface area contributed by atoms with Crippen LogP contribution >= 0.6 is 23.4 Å². The fourth-order valence-corrected chi connectivity index (χ4v) is 4.99. The molecule has 3 aromatic rings. The van der Waals surface area contributed by atoms with E-state index in [4.69, 9.17) is 16.3 Å². The summed E-state index contributed by atoms with van der Waals surface area (Å²) < 4.78 is 7.28. The SMILES string of the molecule is COC(=O)C(C)(C)Cc1c(SC(C)(C)C)c2cc(O)ccc2n1Cc1ccc(Cl)cc1. The van der Waals surface area contributed by atoms with Gasteiger partial charge in [0, 0.05) is 44.2 Å². The average Bonchev–Trinajstić information content (AvgIpc) is 2.93. The molecule has 0 fully saturated rings. The number of hydrogen-bond donors (Lipinski definition) is 1. The lowest BCUT2D eigenvalue weighted by atomic mass is 9.87. The molecule has 0 atom stereocenters. The molecule has 2 aromatic carbocycles. The highest BCUT2D eigenvalue weighted by Crippen LogP contribution is 2.44. The number of phenols is 1. The Labute approximate surface area is 193 Å². The molecule has 3 rings (SSSR count). The predicted molar refractivity (Wildman–Crippen MR) is 129 cm³/mol. The van der Waals surface area contributed by atoms with Gasteiger partial charge in [-0.25, -0.2) is 0 Å². The molecule has 1 N–H and O–H groups in total. The number of halogens is 1. The Bertz CT molecular complexity index is 1090. The van der Waals surface area contributed by atoms with E-state index in [1.54, 1.807) is 17.8 Å². The monoisotopic (exact) mass is 459 g/mol. The van der Waals surface area contributed by atoms with E-state index in [9.17, 15) is 9.90 Å². The van der Waals surface area contributed by atoms with Crippen LogP contribution in [0.1, 0.15) is 45.9 Å². The van der Waals surface area contributed by atoms with Gasteiger partial charge in [-0.05, 0) is 49.7 Å². The van der Waals surface area contributed by atoms with E-state index in [1.165, 1.54) is 7.11 Å². The van der Waals surface area contributed by atoms with Crippen molar-refractivity contribution < 1.29 is 14.6 Å². The minimum Gasteiger partial charge on any atom is -0.508 e. The van der Waals surface area contributed by atoms with Crippen molar-refractivity contribution in [2.45, 2.75) is 57.2 Å². The van der Waals surface area contributed by atoms with Crippen LogP contribution in [-0.4, -0.2) is 27.5 Å². The fraction of sp³-hybridized carbons (Fsp3) is 0.400. The molecule has 0 aliphatic carbocycles. The molecule has 0 bridgehead atoms. The Kier molecular flexibility index (Phi) is 6.68. The molecule has 0 spiro atoms. The number of phenolic OH excluding ortho intramolecular Hbond substituents is 1. The maximum atomic E-state index is 12.5. The van der Waals surface area contributed by atoms with Gasteiger partial charge in [-0.15, -0.1) is 11.8 Å². The minimum atomic E-state index is -0.698. The van der Waals surface area contributed by atoms with Crippen molar-refractivity contribution in [1.82, 2.24) is 4.57 Å². The van der Waals surface area contributed by atoms with Gasteiger partial charge in [-0.2, -0.15) is 0 Å². The number of carbonyl (C=O) groups excluding carboxylic acids is 1. The van der Waals surface area contributed by atoms with E-state index in [-0.39, 0.29) is 16.5 Å². The first-order chi connectivity index (χ1) is 14.4. The van der Waals surface area contributed by atoms with Crippen LogP contribution in [0.4, 0.5) is 0 Å². The molecular weight excluding hydrogens is 430 g/mol. The molecule has 0 unspecified atom stereocenters. The third-order valence-electron chi connectivity index (χ3n) is 5.11. The first kappa shape index (κ1) is 23.6. The third-order valence-corrected chi connectivity index (χ3v) is 6.64. The average molecular weight is 460 g/mol. The third kappa shape index (κ3) is 5.39. The molecule has 0 saturated carbocycles. The van der Waals surface area contributed by atoms with E-state index in [1.807, 2.05) is 50.2 Å². The number of nitrogens with zero attached hydrogens (tertiary/aromatic N) is 1. The Hall–Kier alpha value is -2.11. The van der Waals surface area contributed by atoms with Crippen molar-refractivity contribution >= 4 is 40.2 Å². The van der Waals surface area contributed by atoms with Gasteiger partial charge in [0.1, 0.15) is 5.75 Å². The normalized spacial score (nSPS) is 12.4. The highest BCUT2D eigenvalue weighted by atomic mass is 35.5. The van der Waals surface area contributed by atoms with Crippen molar-refractivity contribution in [2.75, 3.05) is 7.11 Å². The van der Waals surface area contributed by atoms with Crippen LogP contribution in [0.15, 0.2) is 47.4 Å². The number of aromatic hydroxyl groups is 1. The second kappa shape index (κ2) is 8.79. The van der Waals surface area contributed by atoms with Crippen molar-refractivity contribution in [3.05, 3.63) is 58.7 Å². The van der Waals surface area contributed by atoms with Crippen LogP contribution in [-0.2, 0) is 22.5 Å². The number of carbonyl (C=O) groups is 1. The summed E-state index contributed by atoms with van der Waals surface area (Å²) in [5, 5.41) is 11.9. The number of aromatic nitrogens is 1. The number of rotatable bonds is 6. The lowest BCUT2D eigenvalue weighted by Crippen LogP contribution is -2.29. The van der Waals surface area contributed by atoms with E-state index in [0.29, 0.717) is 18.0 Å². The topological polar surface area (TPSA) is 51.5 Å². The molecule has 166 valence electrons. The molecule has 4 nitrogen and oxygen atoms in total. The van der Waals surface area contributed by atoms with Crippen molar-refractivity contribution in [1.29, 1.82) is 0 Å². The summed E-state index contributed by atoms with van der Waals surface area (Å²) in [5.74, 6) is -0.0176. The summed E-state index contributed by atoms with van der Waals surface area (Å²) in [7, 11) is 1.43. The van der Waals surface area contributed by atoms with Crippen LogP contribution in [0.25, 0.3) is 10.9 Å². The van der Waals surface area contributed by atoms with Gasteiger partial charge >= 0.3 is 5.97 Å². The quantitative estimate of drug-likeness (QED) is 0.330. The molecule has 0 radical (unpaired) electrons. The zero-order chi connectivity index (χ0) is 23.0. The van der Waals surface area contributed by atoms with E-state index < -0.39 is 5.41 Å². The van der Waals surface area contributed by atoms with Crippen LogP contribution in [0.3, 0.4) is 0 Å². The van der Waals surface area contributed by atoms with Gasteiger partial charge in [0.05, 0.1) is 12.5 Å². The van der Waals surface area contributed by atoms with Crippen LogP contribution in [0.2, 0.25) is 5.02 Å². The Morgan fingerprint density at radius 1 is 1.10 bits per heavy atom. The molecule has 0 aliphatic rings. The van der Waals surface area contributed by atoms with Gasteiger partial charge in [-0.3, -0.25) is 4.79 Å². The Morgan fingerprint density at radius 3 is 2.32 bits per heavy atom. The van der Waals surface area contributed by atoms with Gasteiger partial charge in [0.15, 0.2) is 0 Å². The summed E-state index contributed by atoms with van der Waals surface area (Å²) in [6.07, 6.45) is 0.515. The molecule has 0 saturated heterocycles. The standard InChI is InChI=1S/C25H30ClNO3S/c1-24(2,3)31-22-19-13-18(28)11-12-20(19)27(15-16-7-9-17(26)10-8-16)21(22)14-25(4,5)23(29)30-6/h7-13,28H,14-15H2,1-6H3. The zero-order valence-electron chi connectivity index (χ0n) is 19.0. The highest BCUT2D eigenvalue weighted by Gasteiger charge is 2.33. The molecule has 6 heteroatoms. The van der Waals surface area contributed by atoms with Crippen LogP contribution in [0, 0.1) is 5.41 Å². The molecule has 0 aliphatic heterocycles. The number of thioether (sulfide) groups is 1. The lowest BCUT2D eigenvalue weighted by Gasteiger charge is -2.25. The maximum absolute atomic E-state index is 12.5. The predicted octanol–water partition coefficient (Wildman–Crippen LogP) is 6.68. The number of ether oxygens (including phenoxy) is 1. The highest BCUT2D eigenvalue weighted by molar-refractivity contribution is 8.00. The molecule has 31 heavy (non-hydrogen) atoms. The van der Waals surface area contributed by atoms with Gasteiger partial charge in [-0.1, -0.05) is 44.5 Å². The summed E-state index contributed by atoms with van der Waals surface area (Å²) in [6, 6.07) is 13.3. The number of benzene rings is 2.